The monoisotopic (exact) mass is 286 g/mol. The Morgan fingerprint density at radius 2 is 1.89 bits per heavy atom. The number of hydrogen-bond acceptors (Lipinski definition) is 3. The number of nitrogens with zero attached hydrogens (tertiary/aromatic N) is 1. The van der Waals surface area contributed by atoms with Gasteiger partial charge in [0.05, 0.1) is 12.2 Å². The second-order valence-corrected chi connectivity index (χ2v) is 7.04. The van der Waals surface area contributed by atoms with Crippen LogP contribution in [0, 0.1) is 0 Å². The minimum absolute atomic E-state index is 0.112. The molecule has 0 saturated carbocycles. The largest absolute Gasteiger partial charge is 0.375 e. The standard InChI is InChI=1S/C14H26N2O2S/c1-10-4-6-19-7-5-16(10)14(17)15-13-8-11(2)18-12(3)9-13/h10-13H,4-9H2,1-3H3,(H,15,17)/t10-,11-,12+,13?/m1/s1. The fourth-order valence-electron chi connectivity index (χ4n) is 2.98. The molecule has 4 atom stereocenters. The van der Waals surface area contributed by atoms with Gasteiger partial charge in [-0.2, -0.15) is 11.8 Å². The van der Waals surface area contributed by atoms with Gasteiger partial charge in [0, 0.05) is 24.4 Å². The number of carbonyl (C=O) groups excluding carboxylic acids is 1. The van der Waals surface area contributed by atoms with E-state index in [1.807, 2.05) is 16.7 Å². The summed E-state index contributed by atoms with van der Waals surface area (Å²) in [5.41, 5.74) is 0. The molecule has 0 aromatic heterocycles. The summed E-state index contributed by atoms with van der Waals surface area (Å²) in [5, 5.41) is 3.21. The second-order valence-electron chi connectivity index (χ2n) is 5.82. The lowest BCUT2D eigenvalue weighted by Gasteiger charge is -2.35. The zero-order valence-corrected chi connectivity index (χ0v) is 13.0. The molecule has 0 radical (unpaired) electrons. The minimum atomic E-state index is 0.112. The van der Waals surface area contributed by atoms with Crippen LogP contribution in [0.3, 0.4) is 0 Å². The van der Waals surface area contributed by atoms with Gasteiger partial charge < -0.3 is 15.0 Å². The molecule has 0 spiro atoms. The van der Waals surface area contributed by atoms with Gasteiger partial charge in [-0.05, 0) is 45.8 Å². The average Bonchev–Trinajstić information content (AvgIpc) is 2.52. The Hall–Kier alpha value is -0.420. The molecule has 2 fully saturated rings. The highest BCUT2D eigenvalue weighted by Gasteiger charge is 2.28. The average molecular weight is 286 g/mol. The molecule has 2 aliphatic heterocycles. The van der Waals surface area contributed by atoms with Crippen LogP contribution in [0.5, 0.6) is 0 Å². The highest BCUT2D eigenvalue weighted by Crippen LogP contribution is 2.20. The van der Waals surface area contributed by atoms with Gasteiger partial charge in [-0.1, -0.05) is 0 Å². The van der Waals surface area contributed by atoms with Crippen molar-refractivity contribution in [2.75, 3.05) is 18.1 Å². The van der Waals surface area contributed by atoms with Crippen molar-refractivity contribution < 1.29 is 9.53 Å². The van der Waals surface area contributed by atoms with E-state index >= 15 is 0 Å². The fraction of sp³-hybridized carbons (Fsp3) is 0.929. The first-order chi connectivity index (χ1) is 9.06. The number of nitrogens with one attached hydrogen (secondary N) is 1. The molecule has 19 heavy (non-hydrogen) atoms. The van der Waals surface area contributed by atoms with Crippen LogP contribution >= 0.6 is 11.8 Å². The SMILES string of the molecule is C[C@@H]1CC(NC(=O)N2CCSCC[C@H]2C)C[C@H](C)O1. The maximum Gasteiger partial charge on any atom is 0.317 e. The van der Waals surface area contributed by atoms with Crippen molar-refractivity contribution in [3.63, 3.8) is 0 Å². The third kappa shape index (κ3) is 4.28. The molecule has 1 unspecified atom stereocenters. The van der Waals surface area contributed by atoms with E-state index in [0.29, 0.717) is 6.04 Å². The van der Waals surface area contributed by atoms with Gasteiger partial charge in [-0.3, -0.25) is 0 Å². The predicted molar refractivity (Wildman–Crippen MR) is 79.7 cm³/mol. The summed E-state index contributed by atoms with van der Waals surface area (Å²) in [5.74, 6) is 2.22. The summed E-state index contributed by atoms with van der Waals surface area (Å²) in [6, 6.07) is 0.723. The molecule has 110 valence electrons. The van der Waals surface area contributed by atoms with E-state index in [2.05, 4.69) is 26.1 Å². The van der Waals surface area contributed by atoms with E-state index in [-0.39, 0.29) is 24.3 Å². The van der Waals surface area contributed by atoms with Gasteiger partial charge in [0.2, 0.25) is 0 Å². The van der Waals surface area contributed by atoms with E-state index in [9.17, 15) is 4.79 Å². The Bertz CT molecular complexity index is 304. The Balaban J connectivity index is 1.88. The lowest BCUT2D eigenvalue weighted by molar-refractivity contribution is -0.0408. The lowest BCUT2D eigenvalue weighted by Crippen LogP contribution is -2.51. The maximum atomic E-state index is 12.4. The number of urea groups is 1. The molecule has 4 nitrogen and oxygen atoms in total. The van der Waals surface area contributed by atoms with Crippen LogP contribution in [0.4, 0.5) is 4.79 Å². The lowest BCUT2D eigenvalue weighted by atomic mass is 10.00. The molecule has 1 N–H and O–H groups in total. The van der Waals surface area contributed by atoms with Gasteiger partial charge in [-0.25, -0.2) is 4.79 Å². The number of hydrogen-bond donors (Lipinski definition) is 1. The first-order valence-corrected chi connectivity index (χ1v) is 8.52. The summed E-state index contributed by atoms with van der Waals surface area (Å²) in [4.78, 5) is 14.4. The van der Waals surface area contributed by atoms with Crippen molar-refractivity contribution in [1.29, 1.82) is 0 Å². The molecule has 5 heteroatoms. The van der Waals surface area contributed by atoms with Gasteiger partial charge in [-0.15, -0.1) is 0 Å². The van der Waals surface area contributed by atoms with Crippen LogP contribution in [0.15, 0.2) is 0 Å². The van der Waals surface area contributed by atoms with Gasteiger partial charge in [0.1, 0.15) is 0 Å². The molecule has 0 bridgehead atoms. The smallest absolute Gasteiger partial charge is 0.317 e. The zero-order valence-electron chi connectivity index (χ0n) is 12.2. The summed E-state index contributed by atoms with van der Waals surface area (Å²) >= 11 is 1.95. The molecule has 2 amide bonds. The topological polar surface area (TPSA) is 41.6 Å². The Morgan fingerprint density at radius 3 is 2.58 bits per heavy atom. The number of rotatable bonds is 1. The normalized spacial score (nSPS) is 36.7. The summed E-state index contributed by atoms with van der Waals surface area (Å²) in [6.45, 7) is 7.19. The van der Waals surface area contributed by atoms with Crippen molar-refractivity contribution in [2.45, 2.75) is 64.3 Å². The van der Waals surface area contributed by atoms with Crippen LogP contribution < -0.4 is 5.32 Å². The summed E-state index contributed by atoms with van der Waals surface area (Å²) < 4.78 is 5.72. The van der Waals surface area contributed by atoms with Gasteiger partial charge in [0.15, 0.2) is 0 Å². The Kier molecular flexibility index (Phi) is 5.39. The van der Waals surface area contributed by atoms with Crippen LogP contribution in [-0.2, 0) is 4.74 Å². The van der Waals surface area contributed by atoms with Crippen LogP contribution in [0.25, 0.3) is 0 Å². The Labute approximate surface area is 120 Å². The summed E-state index contributed by atoms with van der Waals surface area (Å²) in [6.07, 6.45) is 3.43. The minimum Gasteiger partial charge on any atom is -0.375 e. The Morgan fingerprint density at radius 1 is 1.21 bits per heavy atom. The van der Waals surface area contributed by atoms with Crippen molar-refractivity contribution in [3.8, 4) is 0 Å². The van der Waals surface area contributed by atoms with Crippen molar-refractivity contribution in [1.82, 2.24) is 10.2 Å². The molecule has 2 aliphatic rings. The van der Waals surface area contributed by atoms with Gasteiger partial charge >= 0.3 is 6.03 Å². The number of ether oxygens (including phenoxy) is 1. The van der Waals surface area contributed by atoms with E-state index in [1.165, 1.54) is 0 Å². The van der Waals surface area contributed by atoms with E-state index < -0.39 is 0 Å². The highest BCUT2D eigenvalue weighted by atomic mass is 32.2. The number of amides is 2. The summed E-state index contributed by atoms with van der Waals surface area (Å²) in [7, 11) is 0. The first kappa shape index (κ1) is 15.0. The van der Waals surface area contributed by atoms with Crippen molar-refractivity contribution in [2.24, 2.45) is 0 Å². The fourth-order valence-corrected chi connectivity index (χ4v) is 4.02. The predicted octanol–water partition coefficient (Wildman–Crippen LogP) is 2.48. The third-order valence-electron chi connectivity index (χ3n) is 3.97. The second kappa shape index (κ2) is 6.84. The van der Waals surface area contributed by atoms with E-state index in [1.54, 1.807) is 0 Å². The van der Waals surface area contributed by atoms with Crippen molar-refractivity contribution >= 4 is 17.8 Å². The quantitative estimate of drug-likeness (QED) is 0.805. The van der Waals surface area contributed by atoms with Crippen molar-refractivity contribution in [3.05, 3.63) is 0 Å². The first-order valence-electron chi connectivity index (χ1n) is 7.36. The third-order valence-corrected chi connectivity index (χ3v) is 4.97. The molecule has 0 aromatic carbocycles. The molecular weight excluding hydrogens is 260 g/mol. The zero-order chi connectivity index (χ0) is 13.8. The molecular formula is C14H26N2O2S. The maximum absolute atomic E-state index is 12.4. The highest BCUT2D eigenvalue weighted by molar-refractivity contribution is 7.99. The molecule has 2 heterocycles. The van der Waals surface area contributed by atoms with Crippen LogP contribution in [0.2, 0.25) is 0 Å². The van der Waals surface area contributed by atoms with Crippen LogP contribution in [0.1, 0.15) is 40.0 Å². The molecule has 2 rings (SSSR count). The number of carbonyl (C=O) groups is 1. The van der Waals surface area contributed by atoms with E-state index in [0.717, 1.165) is 37.3 Å². The molecule has 0 aromatic rings. The number of thioether (sulfide) groups is 1. The van der Waals surface area contributed by atoms with E-state index in [4.69, 9.17) is 4.74 Å². The van der Waals surface area contributed by atoms with Gasteiger partial charge in [0.25, 0.3) is 0 Å². The molecule has 2 saturated heterocycles. The molecule has 0 aliphatic carbocycles. The van der Waals surface area contributed by atoms with Crippen LogP contribution in [-0.4, -0.2) is 53.3 Å².